The molecule has 1 saturated heterocycles. The van der Waals surface area contributed by atoms with Crippen molar-refractivity contribution in [2.45, 2.75) is 11.3 Å². The molecule has 1 aliphatic heterocycles. The highest BCUT2D eigenvalue weighted by Gasteiger charge is 2.26. The smallest absolute Gasteiger partial charge is 0.243 e. The van der Waals surface area contributed by atoms with Gasteiger partial charge in [0.05, 0.1) is 24.2 Å². The lowest BCUT2D eigenvalue weighted by atomic mass is 10.3. The molecule has 0 saturated carbocycles. The normalized spacial score (nSPS) is 16.1. The molecule has 0 aliphatic carbocycles. The molecule has 1 fully saturated rings. The third-order valence-electron chi connectivity index (χ3n) is 2.97. The fourth-order valence-electron chi connectivity index (χ4n) is 1.95. The number of anilines is 1. The van der Waals surface area contributed by atoms with Crippen molar-refractivity contribution in [3.63, 3.8) is 0 Å². The van der Waals surface area contributed by atoms with Gasteiger partial charge in [0.2, 0.25) is 15.9 Å². The number of nitrogens with one attached hydrogen (secondary N) is 1. The van der Waals surface area contributed by atoms with Crippen LogP contribution in [0.15, 0.2) is 29.2 Å². The molecule has 112 valence electrons. The van der Waals surface area contributed by atoms with E-state index >= 15 is 0 Å². The van der Waals surface area contributed by atoms with E-state index in [9.17, 15) is 13.2 Å². The van der Waals surface area contributed by atoms with Crippen molar-refractivity contribution in [3.05, 3.63) is 24.3 Å². The van der Waals surface area contributed by atoms with Crippen molar-refractivity contribution in [3.8, 4) is 6.07 Å². The van der Waals surface area contributed by atoms with Crippen molar-refractivity contribution < 1.29 is 17.9 Å². The van der Waals surface area contributed by atoms with Crippen LogP contribution in [0.3, 0.4) is 0 Å². The van der Waals surface area contributed by atoms with Gasteiger partial charge in [-0.15, -0.1) is 0 Å². The summed E-state index contributed by atoms with van der Waals surface area (Å²) in [5.41, 5.74) is 0.351. The van der Waals surface area contributed by atoms with Crippen LogP contribution < -0.4 is 5.32 Å². The number of carbonyl (C=O) groups is 1. The Kier molecular flexibility index (Phi) is 4.90. The topological polar surface area (TPSA) is 99.5 Å². The van der Waals surface area contributed by atoms with Crippen LogP contribution in [0.4, 0.5) is 5.69 Å². The minimum Gasteiger partial charge on any atom is -0.379 e. The lowest BCUT2D eigenvalue weighted by Crippen LogP contribution is -2.40. The van der Waals surface area contributed by atoms with Crippen LogP contribution in [-0.2, 0) is 19.6 Å². The summed E-state index contributed by atoms with van der Waals surface area (Å²) < 4.78 is 31.4. The second-order valence-corrected chi connectivity index (χ2v) is 6.37. The number of benzene rings is 1. The van der Waals surface area contributed by atoms with Gasteiger partial charge in [-0.05, 0) is 18.2 Å². The molecule has 8 heteroatoms. The number of nitrogens with zero attached hydrogens (tertiary/aromatic N) is 2. The molecular formula is C13H15N3O4S. The van der Waals surface area contributed by atoms with Crippen molar-refractivity contribution in [2.75, 3.05) is 31.6 Å². The Hall–Kier alpha value is -1.95. The maximum atomic E-state index is 12.5. The Morgan fingerprint density at radius 3 is 2.76 bits per heavy atom. The molecule has 1 aromatic carbocycles. The van der Waals surface area contributed by atoms with E-state index in [-0.39, 0.29) is 11.3 Å². The molecule has 7 nitrogen and oxygen atoms in total. The number of carbonyl (C=O) groups excluding carboxylic acids is 1. The standard InChI is InChI=1S/C13H15N3O4S/c14-5-4-13(17)15-11-2-1-3-12(10-11)21(18,19)16-6-8-20-9-7-16/h1-3,10H,4,6-9H2,(H,15,17). The lowest BCUT2D eigenvalue weighted by Gasteiger charge is -2.26. The summed E-state index contributed by atoms with van der Waals surface area (Å²) in [7, 11) is -3.60. The third kappa shape index (κ3) is 3.78. The molecule has 0 radical (unpaired) electrons. The zero-order valence-corrected chi connectivity index (χ0v) is 12.1. The molecule has 0 unspecified atom stereocenters. The summed E-state index contributed by atoms with van der Waals surface area (Å²) in [6.07, 6.45) is -0.277. The molecule has 1 aromatic rings. The van der Waals surface area contributed by atoms with Crippen LogP contribution in [0.2, 0.25) is 0 Å². The molecule has 1 amide bonds. The van der Waals surface area contributed by atoms with Crippen LogP contribution in [0.5, 0.6) is 0 Å². The summed E-state index contributed by atoms with van der Waals surface area (Å²) in [4.78, 5) is 11.5. The fourth-order valence-corrected chi connectivity index (χ4v) is 3.40. The quantitative estimate of drug-likeness (QED) is 0.876. The number of rotatable bonds is 4. The van der Waals surface area contributed by atoms with Crippen LogP contribution >= 0.6 is 0 Å². The van der Waals surface area contributed by atoms with Crippen molar-refractivity contribution >= 4 is 21.6 Å². The monoisotopic (exact) mass is 309 g/mol. The minimum absolute atomic E-state index is 0.110. The lowest BCUT2D eigenvalue weighted by molar-refractivity contribution is -0.115. The summed E-state index contributed by atoms with van der Waals surface area (Å²) in [5, 5.41) is 10.9. The fraction of sp³-hybridized carbons (Fsp3) is 0.385. The summed E-state index contributed by atoms with van der Waals surface area (Å²) in [6, 6.07) is 7.73. The molecule has 1 aliphatic rings. The largest absolute Gasteiger partial charge is 0.379 e. The highest BCUT2D eigenvalue weighted by molar-refractivity contribution is 7.89. The molecule has 2 rings (SSSR count). The van der Waals surface area contributed by atoms with Gasteiger partial charge in [0, 0.05) is 18.8 Å². The number of morpholine rings is 1. The number of sulfonamides is 1. The average molecular weight is 309 g/mol. The zero-order chi connectivity index (χ0) is 15.3. The maximum absolute atomic E-state index is 12.5. The van der Waals surface area contributed by atoms with Crippen molar-refractivity contribution in [1.29, 1.82) is 5.26 Å². The van der Waals surface area contributed by atoms with E-state index in [0.717, 1.165) is 0 Å². The zero-order valence-electron chi connectivity index (χ0n) is 11.3. The summed E-state index contributed by atoms with van der Waals surface area (Å²) >= 11 is 0. The molecule has 0 spiro atoms. The minimum atomic E-state index is -3.60. The molecule has 21 heavy (non-hydrogen) atoms. The first-order chi connectivity index (χ1) is 10.0. The van der Waals surface area contributed by atoms with E-state index < -0.39 is 15.9 Å². The van der Waals surface area contributed by atoms with E-state index in [4.69, 9.17) is 10.00 Å². The summed E-state index contributed by atoms with van der Waals surface area (Å²) in [5.74, 6) is -0.474. The van der Waals surface area contributed by atoms with Crippen LogP contribution in [-0.4, -0.2) is 44.9 Å². The SMILES string of the molecule is N#CCC(=O)Nc1cccc(S(=O)(=O)N2CCOCC2)c1. The van der Waals surface area contributed by atoms with Gasteiger partial charge in [0.25, 0.3) is 0 Å². The summed E-state index contributed by atoms with van der Waals surface area (Å²) in [6.45, 7) is 1.37. The van der Waals surface area contributed by atoms with Crippen molar-refractivity contribution in [2.24, 2.45) is 0 Å². The molecule has 0 aromatic heterocycles. The highest BCUT2D eigenvalue weighted by Crippen LogP contribution is 2.20. The highest BCUT2D eigenvalue weighted by atomic mass is 32.2. The Bertz CT molecular complexity index is 660. The number of amides is 1. The second kappa shape index (κ2) is 6.67. The van der Waals surface area contributed by atoms with Gasteiger partial charge in [0.1, 0.15) is 6.42 Å². The predicted molar refractivity (Wildman–Crippen MR) is 74.9 cm³/mol. The first kappa shape index (κ1) is 15.4. The van der Waals surface area contributed by atoms with E-state index in [0.29, 0.717) is 32.0 Å². The van der Waals surface area contributed by atoms with Gasteiger partial charge >= 0.3 is 0 Å². The molecular weight excluding hydrogens is 294 g/mol. The Morgan fingerprint density at radius 1 is 1.38 bits per heavy atom. The van der Waals surface area contributed by atoms with E-state index in [2.05, 4.69) is 5.32 Å². The van der Waals surface area contributed by atoms with Crippen LogP contribution in [0.25, 0.3) is 0 Å². The number of ether oxygens (including phenoxy) is 1. The Morgan fingerprint density at radius 2 is 2.10 bits per heavy atom. The van der Waals surface area contributed by atoms with Gasteiger partial charge in [-0.3, -0.25) is 4.79 Å². The van der Waals surface area contributed by atoms with Crippen molar-refractivity contribution in [1.82, 2.24) is 4.31 Å². The number of hydrogen-bond acceptors (Lipinski definition) is 5. The van der Waals surface area contributed by atoms with Crippen LogP contribution in [0, 0.1) is 11.3 Å². The van der Waals surface area contributed by atoms with E-state index in [1.807, 2.05) is 0 Å². The van der Waals surface area contributed by atoms with Gasteiger partial charge in [-0.1, -0.05) is 6.07 Å². The molecule has 0 atom stereocenters. The average Bonchev–Trinajstić information content (AvgIpc) is 2.48. The first-order valence-electron chi connectivity index (χ1n) is 6.39. The first-order valence-corrected chi connectivity index (χ1v) is 7.83. The number of hydrogen-bond donors (Lipinski definition) is 1. The Labute approximate surface area is 123 Å². The molecule has 1 heterocycles. The van der Waals surface area contributed by atoms with Gasteiger partial charge in [0.15, 0.2) is 0 Å². The van der Waals surface area contributed by atoms with E-state index in [1.54, 1.807) is 18.2 Å². The van der Waals surface area contributed by atoms with Crippen LogP contribution in [0.1, 0.15) is 6.42 Å². The second-order valence-electron chi connectivity index (χ2n) is 4.43. The molecule has 0 bridgehead atoms. The Balaban J connectivity index is 2.20. The number of nitriles is 1. The maximum Gasteiger partial charge on any atom is 0.243 e. The van der Waals surface area contributed by atoms with E-state index in [1.165, 1.54) is 16.4 Å². The molecule has 1 N–H and O–H groups in total. The third-order valence-corrected chi connectivity index (χ3v) is 4.86. The van der Waals surface area contributed by atoms with Gasteiger partial charge in [-0.2, -0.15) is 9.57 Å². The van der Waals surface area contributed by atoms with Gasteiger partial charge in [-0.25, -0.2) is 8.42 Å². The predicted octanol–water partition coefficient (Wildman–Crippen LogP) is 0.560. The van der Waals surface area contributed by atoms with Gasteiger partial charge < -0.3 is 10.1 Å².